The van der Waals surface area contributed by atoms with Crippen molar-refractivity contribution >= 4 is 15.7 Å². The van der Waals surface area contributed by atoms with Gasteiger partial charge in [0.2, 0.25) is 0 Å². The molecule has 2 rings (SSSR count). The molecule has 0 atom stereocenters. The summed E-state index contributed by atoms with van der Waals surface area (Å²) < 4.78 is 26.5. The van der Waals surface area contributed by atoms with Crippen LogP contribution in [0.1, 0.15) is 11.1 Å². The zero-order chi connectivity index (χ0) is 14.6. The number of nitrogens with zero attached hydrogens (tertiary/aromatic N) is 1. The highest BCUT2D eigenvalue weighted by atomic mass is 32.2. The molecular formula is C13H13N3O3S. The van der Waals surface area contributed by atoms with Crippen molar-refractivity contribution in [3.8, 4) is 11.8 Å². The summed E-state index contributed by atoms with van der Waals surface area (Å²) in [5.74, 6) is 5.30. The van der Waals surface area contributed by atoms with Crippen molar-refractivity contribution in [2.24, 2.45) is 0 Å². The number of aliphatic hydroxyl groups excluding tert-OH is 1. The zero-order valence-corrected chi connectivity index (χ0v) is 11.5. The van der Waals surface area contributed by atoms with E-state index in [0.717, 1.165) is 5.56 Å². The van der Waals surface area contributed by atoms with E-state index in [9.17, 15) is 8.42 Å². The normalized spacial score (nSPS) is 10.7. The van der Waals surface area contributed by atoms with Crippen LogP contribution in [0.5, 0.6) is 0 Å². The highest BCUT2D eigenvalue weighted by molar-refractivity contribution is 7.92. The van der Waals surface area contributed by atoms with Crippen LogP contribution in [0.25, 0.3) is 0 Å². The Morgan fingerprint density at radius 2 is 2.20 bits per heavy atom. The lowest BCUT2D eigenvalue weighted by atomic mass is 10.1. The van der Waals surface area contributed by atoms with Crippen molar-refractivity contribution in [1.29, 1.82) is 0 Å². The van der Waals surface area contributed by atoms with E-state index in [1.54, 1.807) is 18.2 Å². The number of H-pyrrole nitrogens is 1. The first-order valence-electron chi connectivity index (χ1n) is 5.75. The molecule has 0 saturated heterocycles. The predicted molar refractivity (Wildman–Crippen MR) is 74.5 cm³/mol. The Labute approximate surface area is 116 Å². The number of aliphatic hydroxyl groups is 1. The van der Waals surface area contributed by atoms with Crippen LogP contribution in [-0.4, -0.2) is 30.3 Å². The molecule has 2 aromatic rings. The van der Waals surface area contributed by atoms with E-state index in [1.165, 1.54) is 12.3 Å². The Hall–Kier alpha value is -2.30. The van der Waals surface area contributed by atoms with Gasteiger partial charge in [-0.3, -0.25) is 9.82 Å². The number of aromatic amines is 1. The van der Waals surface area contributed by atoms with E-state index in [-0.39, 0.29) is 11.6 Å². The zero-order valence-electron chi connectivity index (χ0n) is 10.7. The van der Waals surface area contributed by atoms with Gasteiger partial charge in [0.25, 0.3) is 10.0 Å². The molecule has 6 nitrogen and oxygen atoms in total. The third-order valence-electron chi connectivity index (χ3n) is 2.56. The van der Waals surface area contributed by atoms with Gasteiger partial charge >= 0.3 is 0 Å². The molecule has 1 aromatic carbocycles. The summed E-state index contributed by atoms with van der Waals surface area (Å²) in [6.45, 7) is 1.61. The Balaban J connectivity index is 2.31. The van der Waals surface area contributed by atoms with Crippen molar-refractivity contribution in [2.45, 2.75) is 11.9 Å². The minimum atomic E-state index is -3.69. The summed E-state index contributed by atoms with van der Waals surface area (Å²) >= 11 is 0. The predicted octanol–water partition coefficient (Wildman–Crippen LogP) is 0.863. The molecule has 0 saturated carbocycles. The first-order valence-corrected chi connectivity index (χ1v) is 7.24. The first-order chi connectivity index (χ1) is 9.53. The molecule has 0 spiro atoms. The van der Waals surface area contributed by atoms with E-state index >= 15 is 0 Å². The third kappa shape index (κ3) is 3.17. The number of aryl methyl sites for hydroxylation is 1. The summed E-state index contributed by atoms with van der Waals surface area (Å²) in [5, 5.41) is 14.7. The molecule has 7 heteroatoms. The highest BCUT2D eigenvalue weighted by Crippen LogP contribution is 2.18. The molecule has 0 aliphatic rings. The average molecular weight is 291 g/mol. The number of hydrogen-bond acceptors (Lipinski definition) is 4. The van der Waals surface area contributed by atoms with Gasteiger partial charge in [-0.05, 0) is 30.7 Å². The molecule has 0 aliphatic heterocycles. The lowest BCUT2D eigenvalue weighted by molar-refractivity contribution is 0.350. The topological polar surface area (TPSA) is 95.1 Å². The maximum atomic E-state index is 12.0. The van der Waals surface area contributed by atoms with Crippen LogP contribution < -0.4 is 4.72 Å². The lowest BCUT2D eigenvalue weighted by Crippen LogP contribution is -2.13. The van der Waals surface area contributed by atoms with Crippen LogP contribution in [0.15, 0.2) is 35.5 Å². The summed E-state index contributed by atoms with van der Waals surface area (Å²) in [6, 6.07) is 6.38. The highest BCUT2D eigenvalue weighted by Gasteiger charge is 2.15. The van der Waals surface area contributed by atoms with E-state index in [4.69, 9.17) is 5.11 Å². The molecule has 0 bridgehead atoms. The van der Waals surface area contributed by atoms with Crippen LogP contribution in [-0.2, 0) is 10.0 Å². The molecule has 1 aromatic heterocycles. The van der Waals surface area contributed by atoms with E-state index in [2.05, 4.69) is 26.8 Å². The molecular weight excluding hydrogens is 278 g/mol. The van der Waals surface area contributed by atoms with E-state index in [0.29, 0.717) is 11.3 Å². The van der Waals surface area contributed by atoms with Gasteiger partial charge in [0.05, 0.1) is 11.9 Å². The van der Waals surface area contributed by atoms with Crippen LogP contribution in [0.4, 0.5) is 5.69 Å². The first kappa shape index (κ1) is 14.1. The number of nitrogens with one attached hydrogen (secondary N) is 2. The number of aromatic nitrogens is 2. The molecule has 0 radical (unpaired) electrons. The molecule has 0 amide bonds. The van der Waals surface area contributed by atoms with Crippen LogP contribution in [0.3, 0.4) is 0 Å². The maximum absolute atomic E-state index is 12.0. The van der Waals surface area contributed by atoms with Gasteiger partial charge in [0.15, 0.2) is 5.03 Å². The number of sulfonamides is 1. The van der Waals surface area contributed by atoms with Crippen LogP contribution in [0, 0.1) is 18.8 Å². The average Bonchev–Trinajstić information content (AvgIpc) is 2.94. The fraction of sp³-hybridized carbons (Fsp3) is 0.154. The largest absolute Gasteiger partial charge is 0.384 e. The third-order valence-corrected chi connectivity index (χ3v) is 3.87. The van der Waals surface area contributed by atoms with Gasteiger partial charge in [0.1, 0.15) is 6.61 Å². The van der Waals surface area contributed by atoms with Crippen LogP contribution >= 0.6 is 0 Å². The quantitative estimate of drug-likeness (QED) is 0.731. The molecule has 0 aliphatic carbocycles. The number of benzene rings is 1. The Bertz CT molecular complexity index is 756. The standard InChI is InChI=1S/C13H13N3O3S/c1-10-4-5-12(9-11(10)3-2-8-17)16-20(18,19)13-6-7-14-15-13/h4-7,9,16-17H,8H2,1H3,(H,14,15). The molecule has 104 valence electrons. The molecule has 3 N–H and O–H groups in total. The number of hydrogen-bond donors (Lipinski definition) is 3. The summed E-state index contributed by atoms with van der Waals surface area (Å²) in [6.07, 6.45) is 1.36. The second-order valence-corrected chi connectivity index (χ2v) is 5.67. The van der Waals surface area contributed by atoms with E-state index in [1.807, 2.05) is 6.92 Å². The molecule has 0 unspecified atom stereocenters. The minimum absolute atomic E-state index is 0.0129. The fourth-order valence-corrected chi connectivity index (χ4v) is 2.52. The van der Waals surface area contributed by atoms with Crippen LogP contribution in [0.2, 0.25) is 0 Å². The molecule has 20 heavy (non-hydrogen) atoms. The van der Waals surface area contributed by atoms with Gasteiger partial charge in [-0.15, -0.1) is 0 Å². The van der Waals surface area contributed by atoms with Gasteiger partial charge in [-0.25, -0.2) is 0 Å². The number of rotatable bonds is 3. The fourth-order valence-electron chi connectivity index (χ4n) is 1.56. The lowest BCUT2D eigenvalue weighted by Gasteiger charge is -2.07. The second-order valence-electron chi connectivity index (χ2n) is 4.02. The Morgan fingerprint density at radius 1 is 1.40 bits per heavy atom. The Kier molecular flexibility index (Phi) is 4.08. The second kappa shape index (κ2) is 5.77. The summed E-state index contributed by atoms with van der Waals surface area (Å²) in [5.41, 5.74) is 1.95. The SMILES string of the molecule is Cc1ccc(NS(=O)(=O)c2ccn[nH]2)cc1C#CCO. The monoisotopic (exact) mass is 291 g/mol. The van der Waals surface area contributed by atoms with Gasteiger partial charge in [-0.2, -0.15) is 13.5 Å². The van der Waals surface area contributed by atoms with E-state index < -0.39 is 10.0 Å². The van der Waals surface area contributed by atoms with Crippen molar-refractivity contribution in [2.75, 3.05) is 11.3 Å². The van der Waals surface area contributed by atoms with Gasteiger partial charge in [0, 0.05) is 5.56 Å². The van der Waals surface area contributed by atoms with Crippen molar-refractivity contribution in [3.05, 3.63) is 41.6 Å². The summed E-state index contributed by atoms with van der Waals surface area (Å²) in [7, 11) is -3.69. The summed E-state index contributed by atoms with van der Waals surface area (Å²) in [4.78, 5) is 0. The van der Waals surface area contributed by atoms with Crippen molar-refractivity contribution in [1.82, 2.24) is 10.2 Å². The minimum Gasteiger partial charge on any atom is -0.384 e. The molecule has 1 heterocycles. The smallest absolute Gasteiger partial charge is 0.278 e. The number of anilines is 1. The molecule has 0 fully saturated rings. The van der Waals surface area contributed by atoms with Gasteiger partial charge < -0.3 is 5.11 Å². The maximum Gasteiger partial charge on any atom is 0.278 e. The van der Waals surface area contributed by atoms with Crippen molar-refractivity contribution < 1.29 is 13.5 Å². The van der Waals surface area contributed by atoms with Gasteiger partial charge in [-0.1, -0.05) is 17.9 Å². The van der Waals surface area contributed by atoms with Crippen molar-refractivity contribution in [3.63, 3.8) is 0 Å². The Morgan fingerprint density at radius 3 is 2.85 bits per heavy atom.